The summed E-state index contributed by atoms with van der Waals surface area (Å²) in [7, 11) is 0. The molecule has 3 aromatic rings. The van der Waals surface area contributed by atoms with Crippen LogP contribution in [0, 0.1) is 0 Å². The van der Waals surface area contributed by atoms with Crippen molar-refractivity contribution in [1.82, 2.24) is 4.90 Å². The fourth-order valence-corrected chi connectivity index (χ4v) is 4.33. The van der Waals surface area contributed by atoms with Gasteiger partial charge < -0.3 is 21.3 Å². The van der Waals surface area contributed by atoms with Gasteiger partial charge in [0.2, 0.25) is 11.8 Å². The summed E-state index contributed by atoms with van der Waals surface area (Å²) >= 11 is 0. The van der Waals surface area contributed by atoms with Gasteiger partial charge in [-0.25, -0.2) is 0 Å². The van der Waals surface area contributed by atoms with E-state index >= 15 is 0 Å². The van der Waals surface area contributed by atoms with Crippen LogP contribution >= 0.6 is 0 Å². The first-order valence-corrected chi connectivity index (χ1v) is 12.3. The lowest BCUT2D eigenvalue weighted by Gasteiger charge is -2.23. The van der Waals surface area contributed by atoms with E-state index in [0.717, 1.165) is 49.2 Å². The highest BCUT2D eigenvalue weighted by molar-refractivity contribution is 6.03. The average molecular weight is 523 g/mol. The van der Waals surface area contributed by atoms with Crippen molar-refractivity contribution in [2.45, 2.75) is 24.9 Å². The van der Waals surface area contributed by atoms with Crippen molar-refractivity contribution in [3.63, 3.8) is 0 Å². The summed E-state index contributed by atoms with van der Waals surface area (Å²) in [6, 6.07) is 18.7. The van der Waals surface area contributed by atoms with Crippen molar-refractivity contribution < 1.29 is 22.8 Å². The normalized spacial score (nSPS) is 14.9. The van der Waals surface area contributed by atoms with Crippen LogP contribution in [0.2, 0.25) is 0 Å². The van der Waals surface area contributed by atoms with E-state index in [9.17, 15) is 22.8 Å². The highest BCUT2D eigenvalue weighted by Gasteiger charge is 2.30. The number of hydrogen-bond donors (Lipinski definition) is 3. The molecule has 4 rings (SSSR count). The van der Waals surface area contributed by atoms with Crippen LogP contribution in [0.4, 0.5) is 30.2 Å². The molecule has 4 N–H and O–H groups in total. The summed E-state index contributed by atoms with van der Waals surface area (Å²) < 4.78 is 38.6. The Hall–Kier alpha value is -4.11. The molecule has 0 saturated carbocycles. The molecule has 0 aliphatic carbocycles. The van der Waals surface area contributed by atoms with Crippen LogP contribution in [0.15, 0.2) is 78.9 Å². The van der Waals surface area contributed by atoms with E-state index in [0.29, 0.717) is 23.6 Å². The molecule has 1 fully saturated rings. The zero-order chi connectivity index (χ0) is 27.1. The number of nitrogens with zero attached hydrogens (tertiary/aromatic N) is 1. The van der Waals surface area contributed by atoms with Crippen molar-refractivity contribution >= 4 is 35.0 Å². The number of benzene rings is 3. The van der Waals surface area contributed by atoms with Gasteiger partial charge in [-0.2, -0.15) is 13.2 Å². The fraction of sp³-hybridized carbons (Fsp3) is 0.241. The molecule has 0 spiro atoms. The van der Waals surface area contributed by atoms with Gasteiger partial charge in [0.1, 0.15) is 0 Å². The van der Waals surface area contributed by atoms with Gasteiger partial charge in [-0.15, -0.1) is 0 Å². The Morgan fingerprint density at radius 1 is 0.921 bits per heavy atom. The van der Waals surface area contributed by atoms with E-state index in [2.05, 4.69) is 15.5 Å². The molecule has 0 bridgehead atoms. The van der Waals surface area contributed by atoms with Crippen LogP contribution in [-0.4, -0.2) is 36.3 Å². The van der Waals surface area contributed by atoms with Gasteiger partial charge in [0.15, 0.2) is 0 Å². The number of nitrogen functional groups attached to an aromatic ring is 1. The predicted molar refractivity (Wildman–Crippen MR) is 143 cm³/mol. The molecule has 38 heavy (non-hydrogen) atoms. The van der Waals surface area contributed by atoms with E-state index < -0.39 is 17.7 Å². The molecule has 1 saturated heterocycles. The third-order valence-electron chi connectivity index (χ3n) is 6.42. The lowest BCUT2D eigenvalue weighted by molar-refractivity contribution is -0.137. The molecule has 2 amide bonds. The van der Waals surface area contributed by atoms with Crippen LogP contribution < -0.4 is 16.4 Å². The van der Waals surface area contributed by atoms with Gasteiger partial charge >= 0.3 is 6.18 Å². The minimum atomic E-state index is -4.44. The first-order valence-electron chi connectivity index (χ1n) is 12.3. The van der Waals surface area contributed by atoms with Gasteiger partial charge in [-0.1, -0.05) is 36.4 Å². The number of carbonyl (C=O) groups excluding carboxylic acids is 2. The van der Waals surface area contributed by atoms with E-state index in [1.54, 1.807) is 30.3 Å². The maximum absolute atomic E-state index is 13.2. The molecule has 1 atom stereocenters. The van der Waals surface area contributed by atoms with Crippen molar-refractivity contribution in [3.05, 3.63) is 95.6 Å². The number of hydrogen-bond acceptors (Lipinski definition) is 4. The second-order valence-electron chi connectivity index (χ2n) is 9.20. The van der Waals surface area contributed by atoms with E-state index in [4.69, 9.17) is 5.73 Å². The molecule has 9 heteroatoms. The number of anilines is 3. The molecule has 1 heterocycles. The molecule has 1 aliphatic heterocycles. The first-order chi connectivity index (χ1) is 18.2. The van der Waals surface area contributed by atoms with Crippen LogP contribution in [0.1, 0.15) is 35.4 Å². The number of nitrogens with two attached hydrogens (primary N) is 1. The molecule has 198 valence electrons. The number of para-hydroxylation sites is 2. The summed E-state index contributed by atoms with van der Waals surface area (Å²) in [5, 5.41) is 5.49. The molecule has 0 aromatic heterocycles. The number of halogens is 3. The molecule has 1 aliphatic rings. The van der Waals surface area contributed by atoms with Crippen molar-refractivity contribution in [2.75, 3.05) is 36.0 Å². The van der Waals surface area contributed by atoms with Crippen LogP contribution in [0.25, 0.3) is 6.08 Å². The Bertz CT molecular complexity index is 1280. The third kappa shape index (κ3) is 7.23. The molecular formula is C29H29F3N4O2. The van der Waals surface area contributed by atoms with E-state index in [1.165, 1.54) is 18.2 Å². The molecule has 3 aromatic carbocycles. The fourth-order valence-electron chi connectivity index (χ4n) is 4.33. The lowest BCUT2D eigenvalue weighted by Crippen LogP contribution is -2.33. The second kappa shape index (κ2) is 12.0. The number of likely N-dealkylation sites (tertiary alicyclic amines) is 1. The SMILES string of the molecule is Nc1ccccc1NC(=O)/C=C/c1ccc(C(CN2CCCC2)C(=O)Nc2ccc(C(F)(F)F)cc2)cc1. The smallest absolute Gasteiger partial charge is 0.397 e. The summed E-state index contributed by atoms with van der Waals surface area (Å²) in [5.74, 6) is -1.13. The van der Waals surface area contributed by atoms with Gasteiger partial charge in [0, 0.05) is 18.3 Å². The standard InChI is InChI=1S/C29H29F3N4O2/c30-29(31,32)22-12-14-23(15-13-22)34-28(38)24(19-36-17-3-4-18-36)21-10-7-20(8-11-21)9-16-27(37)35-26-6-2-1-5-25(26)33/h1-2,5-16,24H,3-4,17-19,33H2,(H,34,38)(H,35,37)/b16-9+. The van der Waals surface area contributed by atoms with Crippen molar-refractivity contribution in [1.29, 1.82) is 0 Å². The topological polar surface area (TPSA) is 87.5 Å². The zero-order valence-electron chi connectivity index (χ0n) is 20.7. The van der Waals surface area contributed by atoms with Gasteiger partial charge in [0.25, 0.3) is 0 Å². The number of rotatable bonds is 8. The minimum Gasteiger partial charge on any atom is -0.397 e. The average Bonchev–Trinajstić information content (AvgIpc) is 3.41. The Labute approximate surface area is 219 Å². The Balaban J connectivity index is 1.45. The minimum absolute atomic E-state index is 0.292. The second-order valence-corrected chi connectivity index (χ2v) is 9.20. The van der Waals surface area contributed by atoms with E-state index in [1.807, 2.05) is 24.3 Å². The lowest BCUT2D eigenvalue weighted by atomic mass is 9.96. The highest BCUT2D eigenvalue weighted by atomic mass is 19.4. The Morgan fingerprint density at radius 3 is 2.21 bits per heavy atom. The number of alkyl halides is 3. The Morgan fingerprint density at radius 2 is 1.58 bits per heavy atom. The van der Waals surface area contributed by atoms with Crippen LogP contribution in [0.3, 0.4) is 0 Å². The summed E-state index contributed by atoms with van der Waals surface area (Å²) in [4.78, 5) is 27.7. The van der Waals surface area contributed by atoms with Gasteiger partial charge in [-0.3, -0.25) is 9.59 Å². The third-order valence-corrected chi connectivity index (χ3v) is 6.42. The van der Waals surface area contributed by atoms with Crippen LogP contribution in [0.5, 0.6) is 0 Å². The maximum atomic E-state index is 13.2. The molecule has 6 nitrogen and oxygen atoms in total. The summed E-state index contributed by atoms with van der Waals surface area (Å²) in [5.41, 5.74) is 7.94. The molecule has 0 radical (unpaired) electrons. The Kier molecular flexibility index (Phi) is 8.48. The van der Waals surface area contributed by atoms with Crippen molar-refractivity contribution in [3.8, 4) is 0 Å². The van der Waals surface area contributed by atoms with Crippen molar-refractivity contribution in [2.24, 2.45) is 0 Å². The first kappa shape index (κ1) is 26.9. The number of nitrogens with one attached hydrogen (secondary N) is 2. The van der Waals surface area contributed by atoms with Gasteiger partial charge in [-0.05, 0) is 79.5 Å². The van der Waals surface area contributed by atoms with Gasteiger partial charge in [0.05, 0.1) is 22.9 Å². The monoisotopic (exact) mass is 522 g/mol. The van der Waals surface area contributed by atoms with E-state index in [-0.39, 0.29) is 11.8 Å². The number of amides is 2. The summed E-state index contributed by atoms with van der Waals surface area (Å²) in [6.07, 6.45) is 0.754. The highest BCUT2D eigenvalue weighted by Crippen LogP contribution is 2.30. The molecular weight excluding hydrogens is 493 g/mol. The number of carbonyl (C=O) groups is 2. The zero-order valence-corrected chi connectivity index (χ0v) is 20.7. The summed E-state index contributed by atoms with van der Waals surface area (Å²) in [6.45, 7) is 2.29. The van der Waals surface area contributed by atoms with Crippen LogP contribution in [-0.2, 0) is 15.8 Å². The largest absolute Gasteiger partial charge is 0.416 e. The predicted octanol–water partition coefficient (Wildman–Crippen LogP) is 5.76. The quantitative estimate of drug-likeness (QED) is 0.259. The maximum Gasteiger partial charge on any atom is 0.416 e. The molecule has 1 unspecified atom stereocenters.